The first kappa shape index (κ1) is 14.2. The van der Waals surface area contributed by atoms with Crippen molar-refractivity contribution in [2.75, 3.05) is 20.7 Å². The molecule has 1 aromatic rings. The SMILES string of the molecule is COC(CN)CC(=O)N(C)Cc1ccc(C)s1. The second kappa shape index (κ2) is 6.74. The number of aryl methyl sites for hydroxylation is 1. The molecule has 0 saturated carbocycles. The molecule has 0 radical (unpaired) electrons. The molecule has 1 heterocycles. The van der Waals surface area contributed by atoms with Crippen molar-refractivity contribution in [1.82, 2.24) is 4.90 Å². The summed E-state index contributed by atoms with van der Waals surface area (Å²) in [6.07, 6.45) is 0.156. The fraction of sp³-hybridized carbons (Fsp3) is 0.583. The summed E-state index contributed by atoms with van der Waals surface area (Å²) in [6.45, 7) is 3.08. The highest BCUT2D eigenvalue weighted by molar-refractivity contribution is 7.11. The third kappa shape index (κ3) is 4.46. The monoisotopic (exact) mass is 256 g/mol. The molecule has 1 rings (SSSR count). The third-order valence-corrected chi connectivity index (χ3v) is 3.60. The largest absolute Gasteiger partial charge is 0.380 e. The quantitative estimate of drug-likeness (QED) is 0.836. The maximum Gasteiger partial charge on any atom is 0.225 e. The number of amides is 1. The zero-order valence-electron chi connectivity index (χ0n) is 10.6. The van der Waals surface area contributed by atoms with Crippen LogP contribution in [0.4, 0.5) is 0 Å². The van der Waals surface area contributed by atoms with E-state index in [9.17, 15) is 4.79 Å². The van der Waals surface area contributed by atoms with Crippen LogP contribution >= 0.6 is 11.3 Å². The van der Waals surface area contributed by atoms with E-state index >= 15 is 0 Å². The van der Waals surface area contributed by atoms with Crippen LogP contribution in [0, 0.1) is 6.92 Å². The summed E-state index contributed by atoms with van der Waals surface area (Å²) < 4.78 is 5.10. The number of nitrogens with zero attached hydrogens (tertiary/aromatic N) is 1. The van der Waals surface area contributed by atoms with E-state index in [0.717, 1.165) is 0 Å². The second-order valence-corrected chi connectivity index (χ2v) is 5.43. The summed E-state index contributed by atoms with van der Waals surface area (Å²) in [5.74, 6) is 0.0633. The summed E-state index contributed by atoms with van der Waals surface area (Å²) in [5.41, 5.74) is 5.49. The number of carbonyl (C=O) groups excluding carboxylic acids is 1. The van der Waals surface area contributed by atoms with Crippen molar-refractivity contribution in [2.24, 2.45) is 5.73 Å². The molecule has 1 unspecified atom stereocenters. The number of thiophene rings is 1. The summed E-state index contributed by atoms with van der Waals surface area (Å²) in [6, 6.07) is 4.12. The van der Waals surface area contributed by atoms with Gasteiger partial charge in [-0.3, -0.25) is 4.79 Å². The molecule has 4 nitrogen and oxygen atoms in total. The Balaban J connectivity index is 2.46. The fourth-order valence-corrected chi connectivity index (χ4v) is 2.45. The smallest absolute Gasteiger partial charge is 0.225 e. The molecule has 17 heavy (non-hydrogen) atoms. The molecule has 96 valence electrons. The van der Waals surface area contributed by atoms with Crippen molar-refractivity contribution in [2.45, 2.75) is 26.0 Å². The summed E-state index contributed by atoms with van der Waals surface area (Å²) in [4.78, 5) is 16.0. The zero-order chi connectivity index (χ0) is 12.8. The second-order valence-electron chi connectivity index (χ2n) is 4.06. The summed E-state index contributed by atoms with van der Waals surface area (Å²) in [5, 5.41) is 0. The van der Waals surface area contributed by atoms with Gasteiger partial charge in [0.05, 0.1) is 19.1 Å². The lowest BCUT2D eigenvalue weighted by Gasteiger charge is -2.19. The van der Waals surface area contributed by atoms with Crippen molar-refractivity contribution < 1.29 is 9.53 Å². The minimum absolute atomic E-state index is 0.0633. The number of hydrogen-bond donors (Lipinski definition) is 1. The van der Waals surface area contributed by atoms with Gasteiger partial charge in [-0.2, -0.15) is 0 Å². The number of methoxy groups -OCH3 is 1. The fourth-order valence-electron chi connectivity index (χ4n) is 1.51. The Kier molecular flexibility index (Phi) is 5.61. The van der Waals surface area contributed by atoms with Gasteiger partial charge in [0.2, 0.25) is 5.91 Å². The number of hydrogen-bond acceptors (Lipinski definition) is 4. The van der Waals surface area contributed by atoms with Gasteiger partial charge in [-0.1, -0.05) is 0 Å². The Morgan fingerprint density at radius 3 is 2.76 bits per heavy atom. The molecule has 0 aliphatic heterocycles. The standard InChI is InChI=1S/C12H20N2O2S/c1-9-4-5-11(17-9)8-14(2)12(15)6-10(7-13)16-3/h4-5,10H,6-8,13H2,1-3H3. The summed E-state index contributed by atoms with van der Waals surface area (Å²) >= 11 is 1.71. The topological polar surface area (TPSA) is 55.6 Å². The van der Waals surface area contributed by atoms with Crippen LogP contribution in [-0.2, 0) is 16.1 Å². The van der Waals surface area contributed by atoms with Crippen LogP contribution in [0.2, 0.25) is 0 Å². The van der Waals surface area contributed by atoms with Crippen LogP contribution in [0.1, 0.15) is 16.2 Å². The number of carbonyl (C=O) groups is 1. The normalized spacial score (nSPS) is 12.5. The number of nitrogens with two attached hydrogens (primary N) is 1. The van der Waals surface area contributed by atoms with E-state index in [0.29, 0.717) is 19.5 Å². The maximum absolute atomic E-state index is 11.9. The van der Waals surface area contributed by atoms with Gasteiger partial charge >= 0.3 is 0 Å². The molecule has 0 aliphatic rings. The maximum atomic E-state index is 11.9. The Bertz CT molecular complexity index is 361. The third-order valence-electron chi connectivity index (χ3n) is 2.61. The average Bonchev–Trinajstić information content (AvgIpc) is 2.71. The molecule has 0 aromatic carbocycles. The van der Waals surface area contributed by atoms with E-state index in [1.807, 2.05) is 0 Å². The van der Waals surface area contributed by atoms with Crippen LogP contribution in [0.25, 0.3) is 0 Å². The first-order chi connectivity index (χ1) is 8.06. The van der Waals surface area contributed by atoms with Gasteiger partial charge in [-0.25, -0.2) is 0 Å². The molecule has 1 amide bonds. The van der Waals surface area contributed by atoms with E-state index in [1.54, 1.807) is 30.4 Å². The van der Waals surface area contributed by atoms with E-state index in [2.05, 4.69) is 19.1 Å². The Morgan fingerprint density at radius 1 is 1.59 bits per heavy atom. The van der Waals surface area contributed by atoms with Crippen molar-refractivity contribution in [3.8, 4) is 0 Å². The van der Waals surface area contributed by atoms with Crippen LogP contribution in [0.5, 0.6) is 0 Å². The molecule has 0 spiro atoms. The Morgan fingerprint density at radius 2 is 2.29 bits per heavy atom. The highest BCUT2D eigenvalue weighted by atomic mass is 32.1. The summed E-state index contributed by atoms with van der Waals surface area (Å²) in [7, 11) is 3.38. The highest BCUT2D eigenvalue weighted by Crippen LogP contribution is 2.17. The van der Waals surface area contributed by atoms with Gasteiger partial charge in [0, 0.05) is 30.5 Å². The van der Waals surface area contributed by atoms with Gasteiger partial charge in [0.15, 0.2) is 0 Å². The van der Waals surface area contributed by atoms with Crippen LogP contribution in [-0.4, -0.2) is 37.6 Å². The van der Waals surface area contributed by atoms with Crippen molar-refractivity contribution in [3.05, 3.63) is 21.9 Å². The van der Waals surface area contributed by atoms with E-state index in [-0.39, 0.29) is 12.0 Å². The Hall–Kier alpha value is -0.910. The van der Waals surface area contributed by atoms with Crippen LogP contribution in [0.15, 0.2) is 12.1 Å². The highest BCUT2D eigenvalue weighted by Gasteiger charge is 2.15. The Labute approximate surface area is 106 Å². The van der Waals surface area contributed by atoms with Gasteiger partial charge < -0.3 is 15.4 Å². The lowest BCUT2D eigenvalue weighted by atomic mass is 10.2. The first-order valence-electron chi connectivity index (χ1n) is 5.59. The molecule has 0 saturated heterocycles. The molecule has 5 heteroatoms. The molecule has 0 bridgehead atoms. The average molecular weight is 256 g/mol. The van der Waals surface area contributed by atoms with Crippen molar-refractivity contribution in [3.63, 3.8) is 0 Å². The molecular weight excluding hydrogens is 236 g/mol. The molecule has 1 atom stereocenters. The molecular formula is C12H20N2O2S. The first-order valence-corrected chi connectivity index (χ1v) is 6.40. The van der Waals surface area contributed by atoms with Crippen LogP contribution in [0.3, 0.4) is 0 Å². The lowest BCUT2D eigenvalue weighted by Crippen LogP contribution is -2.33. The minimum atomic E-state index is -0.185. The van der Waals surface area contributed by atoms with Gasteiger partial charge in [0.1, 0.15) is 0 Å². The van der Waals surface area contributed by atoms with Gasteiger partial charge in [-0.05, 0) is 19.1 Å². The van der Waals surface area contributed by atoms with Crippen molar-refractivity contribution in [1.29, 1.82) is 0 Å². The zero-order valence-corrected chi connectivity index (χ0v) is 11.4. The predicted octanol–water partition coefficient (Wildman–Crippen LogP) is 1.38. The lowest BCUT2D eigenvalue weighted by molar-refractivity contribution is -0.132. The molecule has 1 aromatic heterocycles. The number of ether oxygens (including phenoxy) is 1. The van der Waals surface area contributed by atoms with Gasteiger partial charge in [0.25, 0.3) is 0 Å². The molecule has 2 N–H and O–H groups in total. The minimum Gasteiger partial charge on any atom is -0.380 e. The van der Waals surface area contributed by atoms with E-state index in [4.69, 9.17) is 10.5 Å². The van der Waals surface area contributed by atoms with E-state index in [1.165, 1.54) is 9.75 Å². The van der Waals surface area contributed by atoms with Crippen molar-refractivity contribution >= 4 is 17.2 Å². The number of rotatable bonds is 6. The van der Waals surface area contributed by atoms with Crippen LogP contribution < -0.4 is 5.73 Å². The molecule has 0 aliphatic carbocycles. The van der Waals surface area contributed by atoms with E-state index < -0.39 is 0 Å². The molecule has 0 fully saturated rings. The van der Waals surface area contributed by atoms with Gasteiger partial charge in [-0.15, -0.1) is 11.3 Å². The predicted molar refractivity (Wildman–Crippen MR) is 70.0 cm³/mol.